The van der Waals surface area contributed by atoms with E-state index in [1.54, 1.807) is 0 Å². The summed E-state index contributed by atoms with van der Waals surface area (Å²) >= 11 is 0. The lowest BCUT2D eigenvalue weighted by molar-refractivity contribution is 0.155. The molecule has 0 bridgehead atoms. The van der Waals surface area contributed by atoms with Gasteiger partial charge in [-0.15, -0.1) is 0 Å². The van der Waals surface area contributed by atoms with Crippen molar-refractivity contribution in [2.24, 2.45) is 5.92 Å². The van der Waals surface area contributed by atoms with Gasteiger partial charge in [-0.3, -0.25) is 0 Å². The first kappa shape index (κ1) is 12.4. The van der Waals surface area contributed by atoms with Gasteiger partial charge in [-0.1, -0.05) is 26.2 Å². The fraction of sp³-hybridized carbons (Fsp3) is 1.00. The van der Waals surface area contributed by atoms with Crippen LogP contribution in [0.3, 0.4) is 0 Å². The summed E-state index contributed by atoms with van der Waals surface area (Å²) in [5, 5.41) is 3.94. The fourth-order valence-corrected chi connectivity index (χ4v) is 3.35. The molecule has 1 saturated heterocycles. The van der Waals surface area contributed by atoms with Gasteiger partial charge in [0.15, 0.2) is 0 Å². The number of hydrogen-bond acceptors (Lipinski definition) is 2. The Kier molecular flexibility index (Phi) is 4.26. The van der Waals surface area contributed by atoms with Crippen molar-refractivity contribution in [3.8, 4) is 0 Å². The zero-order valence-electron chi connectivity index (χ0n) is 10.9. The third-order valence-electron chi connectivity index (χ3n) is 4.46. The molecule has 0 amide bonds. The summed E-state index contributed by atoms with van der Waals surface area (Å²) in [6, 6.07) is 0.672. The van der Waals surface area contributed by atoms with Crippen LogP contribution in [0.2, 0.25) is 0 Å². The number of hydrogen-bond donors (Lipinski definition) is 1. The van der Waals surface area contributed by atoms with Gasteiger partial charge in [0.2, 0.25) is 0 Å². The van der Waals surface area contributed by atoms with E-state index in [2.05, 4.69) is 19.2 Å². The first-order valence-electron chi connectivity index (χ1n) is 7.09. The Morgan fingerprint density at radius 3 is 2.62 bits per heavy atom. The molecule has 0 aromatic heterocycles. The molecule has 2 nitrogen and oxygen atoms in total. The van der Waals surface area contributed by atoms with Crippen molar-refractivity contribution in [3.63, 3.8) is 0 Å². The Morgan fingerprint density at radius 2 is 2.06 bits per heavy atom. The predicted octanol–water partition coefficient (Wildman–Crippen LogP) is 3.11. The Labute approximate surface area is 100 Å². The molecule has 0 spiro atoms. The van der Waals surface area contributed by atoms with Crippen LogP contribution in [0.25, 0.3) is 0 Å². The summed E-state index contributed by atoms with van der Waals surface area (Å²) in [7, 11) is 0. The minimum absolute atomic E-state index is 0.404. The molecule has 2 heteroatoms. The zero-order chi connectivity index (χ0) is 11.4. The predicted molar refractivity (Wildman–Crippen MR) is 67.6 cm³/mol. The third kappa shape index (κ3) is 2.98. The second-order valence-corrected chi connectivity index (χ2v) is 5.90. The van der Waals surface area contributed by atoms with Crippen LogP contribution < -0.4 is 5.32 Å². The number of nitrogens with one attached hydrogen (secondary N) is 1. The molecule has 1 aliphatic carbocycles. The van der Waals surface area contributed by atoms with Crippen molar-refractivity contribution in [1.82, 2.24) is 5.32 Å². The molecule has 2 rings (SSSR count). The second-order valence-electron chi connectivity index (χ2n) is 5.90. The minimum atomic E-state index is 0.404. The first-order chi connectivity index (χ1) is 7.73. The van der Waals surface area contributed by atoms with Gasteiger partial charge in [0, 0.05) is 18.2 Å². The average Bonchev–Trinajstić information content (AvgIpc) is 2.80. The van der Waals surface area contributed by atoms with E-state index in [1.807, 2.05) is 0 Å². The van der Waals surface area contributed by atoms with Gasteiger partial charge < -0.3 is 10.1 Å². The van der Waals surface area contributed by atoms with Crippen LogP contribution in [0.5, 0.6) is 0 Å². The topological polar surface area (TPSA) is 21.3 Å². The smallest absolute Gasteiger partial charge is 0.0510 e. The van der Waals surface area contributed by atoms with Gasteiger partial charge >= 0.3 is 0 Å². The molecule has 2 aliphatic rings. The fourth-order valence-electron chi connectivity index (χ4n) is 3.35. The van der Waals surface area contributed by atoms with E-state index in [0.29, 0.717) is 11.6 Å². The summed E-state index contributed by atoms with van der Waals surface area (Å²) in [5.74, 6) is 0.753. The lowest BCUT2D eigenvalue weighted by Gasteiger charge is -2.39. The van der Waals surface area contributed by atoms with E-state index >= 15 is 0 Å². The van der Waals surface area contributed by atoms with Crippen molar-refractivity contribution in [2.75, 3.05) is 13.2 Å². The van der Waals surface area contributed by atoms with Gasteiger partial charge in [-0.25, -0.2) is 0 Å². The summed E-state index contributed by atoms with van der Waals surface area (Å²) in [6.45, 7) is 6.67. The van der Waals surface area contributed by atoms with Crippen molar-refractivity contribution < 1.29 is 4.74 Å². The molecule has 16 heavy (non-hydrogen) atoms. The molecule has 1 aliphatic heterocycles. The molecule has 2 atom stereocenters. The van der Waals surface area contributed by atoms with E-state index in [0.717, 1.165) is 19.1 Å². The Balaban J connectivity index is 1.89. The monoisotopic (exact) mass is 225 g/mol. The molecule has 1 saturated carbocycles. The summed E-state index contributed by atoms with van der Waals surface area (Å²) in [4.78, 5) is 0. The van der Waals surface area contributed by atoms with E-state index < -0.39 is 0 Å². The highest BCUT2D eigenvalue weighted by atomic mass is 16.5. The maximum Gasteiger partial charge on any atom is 0.0510 e. The van der Waals surface area contributed by atoms with Crippen LogP contribution in [0.4, 0.5) is 0 Å². The van der Waals surface area contributed by atoms with Crippen molar-refractivity contribution >= 4 is 0 Å². The Morgan fingerprint density at radius 1 is 1.31 bits per heavy atom. The molecule has 1 heterocycles. The maximum absolute atomic E-state index is 5.52. The normalized spacial score (nSPS) is 31.5. The number of rotatable bonds is 4. The summed E-state index contributed by atoms with van der Waals surface area (Å²) in [6.07, 6.45) is 9.45. The highest BCUT2D eigenvalue weighted by Crippen LogP contribution is 2.30. The van der Waals surface area contributed by atoms with E-state index in [9.17, 15) is 0 Å². The van der Waals surface area contributed by atoms with Crippen LogP contribution in [0.1, 0.15) is 58.8 Å². The molecular weight excluding hydrogens is 198 g/mol. The lowest BCUT2D eigenvalue weighted by atomic mass is 9.81. The van der Waals surface area contributed by atoms with E-state index in [4.69, 9.17) is 4.74 Å². The third-order valence-corrected chi connectivity index (χ3v) is 4.46. The summed E-state index contributed by atoms with van der Waals surface area (Å²) < 4.78 is 5.52. The molecule has 0 radical (unpaired) electrons. The molecule has 2 unspecified atom stereocenters. The van der Waals surface area contributed by atoms with Crippen LogP contribution in [-0.4, -0.2) is 24.8 Å². The van der Waals surface area contributed by atoms with Crippen LogP contribution >= 0.6 is 0 Å². The van der Waals surface area contributed by atoms with Gasteiger partial charge in [0.05, 0.1) is 6.61 Å². The van der Waals surface area contributed by atoms with Crippen molar-refractivity contribution in [1.29, 1.82) is 0 Å². The van der Waals surface area contributed by atoms with Gasteiger partial charge in [0.25, 0.3) is 0 Å². The van der Waals surface area contributed by atoms with Crippen molar-refractivity contribution in [2.45, 2.75) is 70.4 Å². The Hall–Kier alpha value is -0.0800. The molecule has 94 valence electrons. The van der Waals surface area contributed by atoms with Gasteiger partial charge in [-0.05, 0) is 38.5 Å². The quantitative estimate of drug-likeness (QED) is 0.794. The van der Waals surface area contributed by atoms with E-state index in [-0.39, 0.29) is 0 Å². The van der Waals surface area contributed by atoms with Gasteiger partial charge in [-0.2, -0.15) is 0 Å². The highest BCUT2D eigenvalue weighted by Gasteiger charge is 2.32. The SMILES string of the molecule is CCC(NC1(C)CCCCC1)C1CCOC1. The average molecular weight is 225 g/mol. The standard InChI is InChI=1S/C14H27NO/c1-3-13(12-7-10-16-11-12)15-14(2)8-5-4-6-9-14/h12-13,15H,3-11H2,1-2H3. The molecule has 0 aromatic carbocycles. The Bertz CT molecular complexity index is 205. The van der Waals surface area contributed by atoms with Crippen LogP contribution in [0.15, 0.2) is 0 Å². The largest absolute Gasteiger partial charge is 0.381 e. The van der Waals surface area contributed by atoms with Gasteiger partial charge in [0.1, 0.15) is 0 Å². The molecular formula is C14H27NO. The summed E-state index contributed by atoms with van der Waals surface area (Å²) in [5.41, 5.74) is 0.404. The second kappa shape index (κ2) is 5.50. The molecule has 1 N–H and O–H groups in total. The first-order valence-corrected chi connectivity index (χ1v) is 7.09. The van der Waals surface area contributed by atoms with Crippen LogP contribution in [-0.2, 0) is 4.74 Å². The minimum Gasteiger partial charge on any atom is -0.381 e. The molecule has 2 fully saturated rings. The van der Waals surface area contributed by atoms with E-state index in [1.165, 1.54) is 44.9 Å². The zero-order valence-corrected chi connectivity index (χ0v) is 10.9. The number of ether oxygens (including phenoxy) is 1. The van der Waals surface area contributed by atoms with Crippen LogP contribution in [0, 0.1) is 5.92 Å². The van der Waals surface area contributed by atoms with Crippen molar-refractivity contribution in [3.05, 3.63) is 0 Å². The maximum atomic E-state index is 5.52. The lowest BCUT2D eigenvalue weighted by Crippen LogP contribution is -2.51. The molecule has 0 aromatic rings. The highest BCUT2D eigenvalue weighted by molar-refractivity contribution is 4.91.